The summed E-state index contributed by atoms with van der Waals surface area (Å²) in [7, 11) is 0. The van der Waals surface area contributed by atoms with E-state index >= 15 is 0 Å². The third-order valence-electron chi connectivity index (χ3n) is 4.11. The molecule has 0 aliphatic heterocycles. The van der Waals surface area contributed by atoms with Gasteiger partial charge in [-0.05, 0) is 53.2 Å². The Kier molecular flexibility index (Phi) is 4.34. The van der Waals surface area contributed by atoms with E-state index in [9.17, 15) is 4.79 Å². The van der Waals surface area contributed by atoms with Crippen molar-refractivity contribution in [3.05, 3.63) is 93.2 Å². The standard InChI is InChI=1S/C20H16BrN3O2/c1-14-7-9-15(10-8-14)23-12-11-18-22-17(19(21)24(18)20(23)25)13-26-16-5-3-2-4-6-16/h2-12H,13H2,1H3. The fourth-order valence-electron chi connectivity index (χ4n) is 2.73. The Labute approximate surface area is 158 Å². The minimum atomic E-state index is -0.184. The van der Waals surface area contributed by atoms with Gasteiger partial charge in [-0.3, -0.25) is 4.57 Å². The number of hydrogen-bond donors (Lipinski definition) is 0. The van der Waals surface area contributed by atoms with Crippen molar-refractivity contribution >= 4 is 21.6 Å². The van der Waals surface area contributed by atoms with Gasteiger partial charge >= 0.3 is 5.69 Å². The van der Waals surface area contributed by atoms with Gasteiger partial charge in [0.25, 0.3) is 0 Å². The molecule has 0 N–H and O–H groups in total. The number of halogens is 1. The van der Waals surface area contributed by atoms with Crippen LogP contribution in [0, 0.1) is 6.92 Å². The Hall–Kier alpha value is -2.86. The predicted molar refractivity (Wildman–Crippen MR) is 104 cm³/mol. The molecule has 0 amide bonds. The zero-order valence-corrected chi connectivity index (χ0v) is 15.7. The normalized spacial score (nSPS) is 11.0. The molecule has 0 saturated heterocycles. The fraction of sp³-hybridized carbons (Fsp3) is 0.100. The van der Waals surface area contributed by atoms with Crippen LogP contribution in [-0.4, -0.2) is 14.0 Å². The largest absolute Gasteiger partial charge is 0.487 e. The molecule has 2 aromatic carbocycles. The average Bonchev–Trinajstić information content (AvgIpc) is 2.99. The van der Waals surface area contributed by atoms with Crippen molar-refractivity contribution in [3.8, 4) is 11.4 Å². The number of nitrogens with zero attached hydrogens (tertiary/aromatic N) is 3. The molecule has 0 aliphatic rings. The third-order valence-corrected chi connectivity index (χ3v) is 4.93. The molecular formula is C20H16BrN3O2. The van der Waals surface area contributed by atoms with Crippen molar-refractivity contribution in [1.82, 2.24) is 14.0 Å². The minimum absolute atomic E-state index is 0.184. The lowest BCUT2D eigenvalue weighted by atomic mass is 10.2. The molecule has 6 heteroatoms. The minimum Gasteiger partial charge on any atom is -0.487 e. The number of fused-ring (bicyclic) bond motifs is 1. The summed E-state index contributed by atoms with van der Waals surface area (Å²) in [5.41, 5.74) is 3.03. The van der Waals surface area contributed by atoms with E-state index in [1.807, 2.05) is 67.6 Å². The van der Waals surface area contributed by atoms with Crippen LogP contribution in [0.4, 0.5) is 0 Å². The molecule has 0 fully saturated rings. The highest BCUT2D eigenvalue weighted by atomic mass is 79.9. The summed E-state index contributed by atoms with van der Waals surface area (Å²) < 4.78 is 9.51. The molecule has 130 valence electrons. The average molecular weight is 410 g/mol. The molecule has 2 aromatic heterocycles. The van der Waals surface area contributed by atoms with Crippen molar-refractivity contribution in [1.29, 1.82) is 0 Å². The summed E-state index contributed by atoms with van der Waals surface area (Å²) in [5, 5.41) is 0. The molecule has 2 heterocycles. The van der Waals surface area contributed by atoms with Crippen molar-refractivity contribution in [2.45, 2.75) is 13.5 Å². The topological polar surface area (TPSA) is 48.5 Å². The van der Waals surface area contributed by atoms with E-state index in [4.69, 9.17) is 4.74 Å². The van der Waals surface area contributed by atoms with E-state index < -0.39 is 0 Å². The van der Waals surface area contributed by atoms with E-state index in [-0.39, 0.29) is 12.3 Å². The Morgan fingerprint density at radius 3 is 2.50 bits per heavy atom. The van der Waals surface area contributed by atoms with Crippen LogP contribution in [0.2, 0.25) is 0 Å². The highest BCUT2D eigenvalue weighted by molar-refractivity contribution is 9.10. The lowest BCUT2D eigenvalue weighted by Crippen LogP contribution is -2.24. The lowest BCUT2D eigenvalue weighted by molar-refractivity contribution is 0.301. The molecule has 5 nitrogen and oxygen atoms in total. The molecule has 0 spiro atoms. The molecule has 4 aromatic rings. The van der Waals surface area contributed by atoms with Crippen LogP contribution in [0.15, 0.2) is 76.3 Å². The third kappa shape index (κ3) is 3.04. The van der Waals surface area contributed by atoms with Gasteiger partial charge in [0.1, 0.15) is 28.3 Å². The van der Waals surface area contributed by atoms with Gasteiger partial charge in [-0.15, -0.1) is 0 Å². The highest BCUT2D eigenvalue weighted by Crippen LogP contribution is 2.20. The number of hydrogen-bond acceptors (Lipinski definition) is 3. The number of para-hydroxylation sites is 1. The van der Waals surface area contributed by atoms with Gasteiger partial charge in [-0.25, -0.2) is 14.2 Å². The fourth-order valence-corrected chi connectivity index (χ4v) is 3.27. The van der Waals surface area contributed by atoms with Gasteiger partial charge in [-0.1, -0.05) is 35.9 Å². The SMILES string of the molecule is Cc1ccc(-n2ccc3nc(COc4ccccc4)c(Br)n3c2=O)cc1. The predicted octanol–water partition coefficient (Wildman–Crippen LogP) is 4.14. The first-order chi connectivity index (χ1) is 12.6. The van der Waals surface area contributed by atoms with Crippen LogP contribution in [0.3, 0.4) is 0 Å². The Balaban J connectivity index is 1.72. The van der Waals surface area contributed by atoms with Crippen LogP contribution in [-0.2, 0) is 6.61 Å². The number of rotatable bonds is 4. The van der Waals surface area contributed by atoms with Gasteiger partial charge in [0, 0.05) is 6.20 Å². The molecule has 0 radical (unpaired) electrons. The molecule has 0 bridgehead atoms. The molecular weight excluding hydrogens is 394 g/mol. The van der Waals surface area contributed by atoms with Gasteiger partial charge in [0.15, 0.2) is 0 Å². The van der Waals surface area contributed by atoms with Crippen LogP contribution < -0.4 is 10.4 Å². The lowest BCUT2D eigenvalue weighted by Gasteiger charge is -2.07. The first-order valence-corrected chi connectivity index (χ1v) is 8.96. The van der Waals surface area contributed by atoms with Gasteiger partial charge in [-0.2, -0.15) is 0 Å². The van der Waals surface area contributed by atoms with Crippen molar-refractivity contribution in [2.24, 2.45) is 0 Å². The van der Waals surface area contributed by atoms with Gasteiger partial charge in [0.05, 0.1) is 5.69 Å². The maximum Gasteiger partial charge on any atom is 0.339 e. The molecule has 26 heavy (non-hydrogen) atoms. The van der Waals surface area contributed by atoms with Crippen LogP contribution in [0.25, 0.3) is 11.3 Å². The maximum absolute atomic E-state index is 12.9. The van der Waals surface area contributed by atoms with Crippen molar-refractivity contribution in [2.75, 3.05) is 0 Å². The molecule has 0 unspecified atom stereocenters. The quantitative estimate of drug-likeness (QED) is 0.508. The van der Waals surface area contributed by atoms with E-state index in [0.717, 1.165) is 17.0 Å². The second kappa shape index (κ2) is 6.80. The number of aromatic nitrogens is 3. The summed E-state index contributed by atoms with van der Waals surface area (Å²) in [6.07, 6.45) is 1.74. The summed E-state index contributed by atoms with van der Waals surface area (Å²) in [6.45, 7) is 2.29. The summed E-state index contributed by atoms with van der Waals surface area (Å²) >= 11 is 3.50. The Bertz CT molecular complexity index is 1120. The van der Waals surface area contributed by atoms with Crippen LogP contribution >= 0.6 is 15.9 Å². The van der Waals surface area contributed by atoms with Crippen LogP contribution in [0.1, 0.15) is 11.3 Å². The Morgan fingerprint density at radius 1 is 1.04 bits per heavy atom. The Morgan fingerprint density at radius 2 is 1.77 bits per heavy atom. The zero-order valence-electron chi connectivity index (χ0n) is 14.1. The summed E-state index contributed by atoms with van der Waals surface area (Å²) in [5.74, 6) is 0.758. The molecule has 0 aliphatic carbocycles. The van der Waals surface area contributed by atoms with E-state index in [0.29, 0.717) is 15.9 Å². The maximum atomic E-state index is 12.9. The smallest absolute Gasteiger partial charge is 0.339 e. The first kappa shape index (κ1) is 16.6. The monoisotopic (exact) mass is 409 g/mol. The highest BCUT2D eigenvalue weighted by Gasteiger charge is 2.14. The van der Waals surface area contributed by atoms with E-state index in [1.165, 1.54) is 0 Å². The summed E-state index contributed by atoms with van der Waals surface area (Å²) in [6, 6.07) is 19.1. The first-order valence-electron chi connectivity index (χ1n) is 8.17. The summed E-state index contributed by atoms with van der Waals surface area (Å²) in [4.78, 5) is 17.5. The molecule has 0 atom stereocenters. The molecule has 4 rings (SSSR count). The van der Waals surface area contributed by atoms with Gasteiger partial charge in [0.2, 0.25) is 0 Å². The second-order valence-electron chi connectivity index (χ2n) is 5.95. The zero-order chi connectivity index (χ0) is 18.1. The van der Waals surface area contributed by atoms with Crippen molar-refractivity contribution in [3.63, 3.8) is 0 Å². The number of aryl methyl sites for hydroxylation is 1. The molecule has 0 saturated carbocycles. The number of ether oxygens (including phenoxy) is 1. The van der Waals surface area contributed by atoms with E-state index in [2.05, 4.69) is 20.9 Å². The van der Waals surface area contributed by atoms with E-state index in [1.54, 1.807) is 15.2 Å². The second-order valence-corrected chi connectivity index (χ2v) is 6.70. The van der Waals surface area contributed by atoms with Crippen LogP contribution in [0.5, 0.6) is 5.75 Å². The van der Waals surface area contributed by atoms with Gasteiger partial charge < -0.3 is 4.74 Å². The number of benzene rings is 2. The van der Waals surface area contributed by atoms with Crippen molar-refractivity contribution < 1.29 is 4.74 Å². The number of imidazole rings is 1.